The van der Waals surface area contributed by atoms with E-state index in [1.807, 2.05) is 18.2 Å². The molecule has 2 atom stereocenters. The molecule has 0 saturated heterocycles. The van der Waals surface area contributed by atoms with Gasteiger partial charge in [-0.3, -0.25) is 0 Å². The summed E-state index contributed by atoms with van der Waals surface area (Å²) in [7, 11) is 1.70. The van der Waals surface area contributed by atoms with Crippen LogP contribution in [0.15, 0.2) is 24.3 Å². The van der Waals surface area contributed by atoms with E-state index in [-0.39, 0.29) is 6.10 Å². The van der Waals surface area contributed by atoms with Crippen LogP contribution in [0, 0.1) is 5.92 Å². The summed E-state index contributed by atoms with van der Waals surface area (Å²) in [5, 5.41) is 13.1. The quantitative estimate of drug-likeness (QED) is 0.841. The summed E-state index contributed by atoms with van der Waals surface area (Å²) in [6.45, 7) is 1.81. The van der Waals surface area contributed by atoms with Gasteiger partial charge < -0.3 is 15.2 Å². The Kier molecular flexibility index (Phi) is 5.02. The van der Waals surface area contributed by atoms with Crippen LogP contribution in [0.5, 0.6) is 5.75 Å². The first-order chi connectivity index (χ1) is 8.79. The summed E-state index contributed by atoms with van der Waals surface area (Å²) >= 11 is 0. The molecule has 1 saturated carbocycles. The number of methoxy groups -OCH3 is 1. The van der Waals surface area contributed by atoms with Gasteiger partial charge in [0.25, 0.3) is 0 Å². The first kappa shape index (κ1) is 13.4. The minimum atomic E-state index is -0.0863. The zero-order valence-electron chi connectivity index (χ0n) is 11.1. The maximum Gasteiger partial charge on any atom is 0.123 e. The number of aliphatic hydroxyl groups excluding tert-OH is 1. The Balaban J connectivity index is 1.77. The van der Waals surface area contributed by atoms with E-state index < -0.39 is 0 Å². The van der Waals surface area contributed by atoms with E-state index in [4.69, 9.17) is 4.74 Å². The minimum Gasteiger partial charge on any atom is -0.496 e. The molecule has 0 aromatic heterocycles. The number of hydrogen-bond donors (Lipinski definition) is 2. The number of para-hydroxylation sites is 1. The van der Waals surface area contributed by atoms with Crippen LogP contribution < -0.4 is 10.1 Å². The number of benzene rings is 1. The van der Waals surface area contributed by atoms with Gasteiger partial charge in [-0.15, -0.1) is 0 Å². The largest absolute Gasteiger partial charge is 0.496 e. The van der Waals surface area contributed by atoms with Crippen LogP contribution in [0.1, 0.15) is 31.2 Å². The summed E-state index contributed by atoms with van der Waals surface area (Å²) in [5.74, 6) is 1.55. The summed E-state index contributed by atoms with van der Waals surface area (Å²) in [6.07, 6.45) is 4.22. The Hall–Kier alpha value is -1.06. The Bertz CT molecular complexity index is 367. The van der Waals surface area contributed by atoms with Crippen LogP contribution in [-0.2, 0) is 6.54 Å². The number of rotatable bonds is 5. The van der Waals surface area contributed by atoms with Gasteiger partial charge in [-0.1, -0.05) is 24.6 Å². The van der Waals surface area contributed by atoms with Crippen molar-refractivity contribution < 1.29 is 9.84 Å². The molecule has 0 spiro atoms. The van der Waals surface area contributed by atoms with Gasteiger partial charge in [0.1, 0.15) is 5.75 Å². The van der Waals surface area contributed by atoms with Crippen LogP contribution in [0.25, 0.3) is 0 Å². The molecule has 1 aromatic carbocycles. The molecule has 18 heavy (non-hydrogen) atoms. The third kappa shape index (κ3) is 3.72. The lowest BCUT2D eigenvalue weighted by atomic mass is 9.87. The lowest BCUT2D eigenvalue weighted by Crippen LogP contribution is -2.29. The number of aliphatic hydroxyl groups is 1. The fraction of sp³-hybridized carbons (Fsp3) is 0.600. The van der Waals surface area contributed by atoms with Crippen molar-refractivity contribution in [2.75, 3.05) is 13.7 Å². The van der Waals surface area contributed by atoms with E-state index in [9.17, 15) is 5.11 Å². The maximum absolute atomic E-state index is 9.63. The highest BCUT2D eigenvalue weighted by molar-refractivity contribution is 5.32. The zero-order valence-corrected chi connectivity index (χ0v) is 11.1. The smallest absolute Gasteiger partial charge is 0.123 e. The standard InChI is InChI=1S/C15H23NO2/c1-18-15-8-3-2-6-13(15)11-16-10-12-5-4-7-14(17)9-12/h2-3,6,8,12,14,16-17H,4-5,7,9-11H2,1H3. The summed E-state index contributed by atoms with van der Waals surface area (Å²) in [6, 6.07) is 8.09. The highest BCUT2D eigenvalue weighted by Gasteiger charge is 2.19. The van der Waals surface area contributed by atoms with Crippen LogP contribution in [0.4, 0.5) is 0 Å². The summed E-state index contributed by atoms with van der Waals surface area (Å²) in [5.41, 5.74) is 1.19. The highest BCUT2D eigenvalue weighted by Crippen LogP contribution is 2.24. The normalized spacial score (nSPS) is 23.9. The van der Waals surface area contributed by atoms with Crippen molar-refractivity contribution in [1.82, 2.24) is 5.32 Å². The van der Waals surface area contributed by atoms with Crippen molar-refractivity contribution in [1.29, 1.82) is 0 Å². The van der Waals surface area contributed by atoms with Crippen LogP contribution >= 0.6 is 0 Å². The molecule has 0 bridgehead atoms. The monoisotopic (exact) mass is 249 g/mol. The fourth-order valence-corrected chi connectivity index (χ4v) is 2.71. The van der Waals surface area contributed by atoms with Gasteiger partial charge in [-0.05, 0) is 37.8 Å². The fourth-order valence-electron chi connectivity index (χ4n) is 2.71. The molecule has 2 N–H and O–H groups in total. The Labute approximate surface area is 109 Å². The molecule has 3 heteroatoms. The van der Waals surface area contributed by atoms with Gasteiger partial charge in [0.2, 0.25) is 0 Å². The topological polar surface area (TPSA) is 41.5 Å². The molecule has 2 rings (SSSR count). The molecule has 2 unspecified atom stereocenters. The summed E-state index contributed by atoms with van der Waals surface area (Å²) in [4.78, 5) is 0. The second-order valence-corrected chi connectivity index (χ2v) is 5.13. The van der Waals surface area contributed by atoms with Crippen LogP contribution in [-0.4, -0.2) is 24.9 Å². The molecule has 0 radical (unpaired) electrons. The molecule has 1 aromatic rings. The maximum atomic E-state index is 9.63. The number of nitrogens with one attached hydrogen (secondary N) is 1. The first-order valence-electron chi connectivity index (χ1n) is 6.80. The van der Waals surface area contributed by atoms with Gasteiger partial charge in [-0.2, -0.15) is 0 Å². The molecule has 0 heterocycles. The zero-order chi connectivity index (χ0) is 12.8. The number of hydrogen-bond acceptors (Lipinski definition) is 3. The number of ether oxygens (including phenoxy) is 1. The van der Waals surface area contributed by atoms with E-state index in [2.05, 4.69) is 11.4 Å². The van der Waals surface area contributed by atoms with Crippen molar-refractivity contribution in [3.63, 3.8) is 0 Å². The first-order valence-corrected chi connectivity index (χ1v) is 6.80. The van der Waals surface area contributed by atoms with Crippen molar-refractivity contribution >= 4 is 0 Å². The van der Waals surface area contributed by atoms with Crippen molar-refractivity contribution in [2.45, 2.75) is 38.3 Å². The van der Waals surface area contributed by atoms with E-state index in [0.717, 1.165) is 38.1 Å². The van der Waals surface area contributed by atoms with Crippen molar-refractivity contribution in [2.24, 2.45) is 5.92 Å². The molecule has 100 valence electrons. The molecular weight excluding hydrogens is 226 g/mol. The lowest BCUT2D eigenvalue weighted by Gasteiger charge is -2.26. The van der Waals surface area contributed by atoms with Gasteiger partial charge in [0.05, 0.1) is 13.2 Å². The van der Waals surface area contributed by atoms with Crippen molar-refractivity contribution in [3.8, 4) is 5.75 Å². The highest BCUT2D eigenvalue weighted by atomic mass is 16.5. The SMILES string of the molecule is COc1ccccc1CNCC1CCCC(O)C1. The average molecular weight is 249 g/mol. The third-order valence-electron chi connectivity index (χ3n) is 3.70. The second kappa shape index (κ2) is 6.76. The molecule has 1 fully saturated rings. The predicted octanol–water partition coefficient (Wildman–Crippen LogP) is 2.34. The molecule has 0 aliphatic heterocycles. The Morgan fingerprint density at radius 1 is 1.33 bits per heavy atom. The average Bonchev–Trinajstić information content (AvgIpc) is 2.39. The lowest BCUT2D eigenvalue weighted by molar-refractivity contribution is 0.101. The second-order valence-electron chi connectivity index (χ2n) is 5.13. The summed E-state index contributed by atoms with van der Waals surface area (Å²) < 4.78 is 5.32. The van der Waals surface area contributed by atoms with Gasteiger partial charge in [0.15, 0.2) is 0 Å². The van der Waals surface area contributed by atoms with Gasteiger partial charge in [-0.25, -0.2) is 0 Å². The van der Waals surface area contributed by atoms with Crippen LogP contribution in [0.2, 0.25) is 0 Å². The van der Waals surface area contributed by atoms with E-state index in [1.54, 1.807) is 7.11 Å². The molecule has 3 nitrogen and oxygen atoms in total. The Morgan fingerprint density at radius 2 is 2.17 bits per heavy atom. The molecule has 1 aliphatic rings. The molecule has 1 aliphatic carbocycles. The molecular formula is C15H23NO2. The van der Waals surface area contributed by atoms with E-state index >= 15 is 0 Å². The van der Waals surface area contributed by atoms with Gasteiger partial charge >= 0.3 is 0 Å². The van der Waals surface area contributed by atoms with Crippen molar-refractivity contribution in [3.05, 3.63) is 29.8 Å². The predicted molar refractivity (Wildman–Crippen MR) is 72.7 cm³/mol. The van der Waals surface area contributed by atoms with Gasteiger partial charge in [0, 0.05) is 12.1 Å². The molecule has 0 amide bonds. The van der Waals surface area contributed by atoms with E-state index in [1.165, 1.54) is 12.0 Å². The third-order valence-corrected chi connectivity index (χ3v) is 3.70. The Morgan fingerprint density at radius 3 is 2.94 bits per heavy atom. The van der Waals surface area contributed by atoms with E-state index in [0.29, 0.717) is 5.92 Å². The van der Waals surface area contributed by atoms with Crippen LogP contribution in [0.3, 0.4) is 0 Å². The minimum absolute atomic E-state index is 0.0863.